The second kappa shape index (κ2) is 2.96. The van der Waals surface area contributed by atoms with Crippen molar-refractivity contribution in [2.24, 2.45) is 0 Å². The molecule has 0 heterocycles. The molecule has 0 unspecified atom stereocenters. The van der Waals surface area contributed by atoms with Crippen molar-refractivity contribution in [1.82, 2.24) is 0 Å². The lowest BCUT2D eigenvalue weighted by atomic mass is 9.97. The predicted molar refractivity (Wildman–Crippen MR) is 63.0 cm³/mol. The van der Waals surface area contributed by atoms with Crippen molar-refractivity contribution < 1.29 is 0 Å². The third kappa shape index (κ3) is 1.14. The minimum atomic E-state index is 1.05. The van der Waals surface area contributed by atoms with Gasteiger partial charge in [-0.25, -0.2) is 0 Å². The Hall–Kier alpha value is -1.56. The first kappa shape index (κ1) is 8.72. The lowest BCUT2D eigenvalue weighted by molar-refractivity contribution is 1.25. The Balaban J connectivity index is 2.39. The second-order valence-corrected chi connectivity index (χ2v) is 4.30. The number of aryl methyl sites for hydroxylation is 2. The van der Waals surface area contributed by atoms with E-state index in [1.807, 2.05) is 6.07 Å². The molecule has 0 amide bonds. The van der Waals surface area contributed by atoms with Crippen molar-refractivity contribution in [3.8, 4) is 11.1 Å². The van der Waals surface area contributed by atoms with Crippen LogP contribution in [0.4, 0.5) is 0 Å². The van der Waals surface area contributed by atoms with Gasteiger partial charge in [-0.15, -0.1) is 0 Å². The van der Waals surface area contributed by atoms with Crippen LogP contribution in [-0.2, 0) is 6.42 Å². The third-order valence-electron chi connectivity index (χ3n) is 3.26. The van der Waals surface area contributed by atoms with Gasteiger partial charge in [0.25, 0.3) is 0 Å². The fourth-order valence-corrected chi connectivity index (χ4v) is 2.57. The van der Waals surface area contributed by atoms with Crippen LogP contribution < -0.4 is 0 Å². The van der Waals surface area contributed by atoms with Gasteiger partial charge in [0.15, 0.2) is 0 Å². The van der Waals surface area contributed by atoms with Gasteiger partial charge in [0.05, 0.1) is 0 Å². The van der Waals surface area contributed by atoms with Gasteiger partial charge < -0.3 is 0 Å². The van der Waals surface area contributed by atoms with Gasteiger partial charge in [0.2, 0.25) is 0 Å². The van der Waals surface area contributed by atoms with Crippen molar-refractivity contribution >= 4 is 0 Å². The van der Waals surface area contributed by atoms with E-state index in [0.717, 1.165) is 6.42 Å². The first-order chi connectivity index (χ1) is 7.27. The fourth-order valence-electron chi connectivity index (χ4n) is 2.57. The normalized spacial score (nSPS) is 12.4. The Kier molecular flexibility index (Phi) is 1.72. The molecule has 1 aliphatic carbocycles. The van der Waals surface area contributed by atoms with Gasteiger partial charge in [0, 0.05) is 0 Å². The number of hydrogen-bond donors (Lipinski definition) is 0. The van der Waals surface area contributed by atoms with Gasteiger partial charge in [-0.1, -0.05) is 30.3 Å². The van der Waals surface area contributed by atoms with E-state index in [0.29, 0.717) is 0 Å². The van der Waals surface area contributed by atoms with Crippen molar-refractivity contribution in [3.05, 3.63) is 58.7 Å². The van der Waals surface area contributed by atoms with Crippen LogP contribution >= 0.6 is 0 Å². The largest absolute Gasteiger partial charge is 0.0617 e. The zero-order chi connectivity index (χ0) is 10.4. The molecular weight excluding hydrogens is 180 g/mol. The van der Waals surface area contributed by atoms with E-state index < -0.39 is 0 Å². The maximum atomic E-state index is 3.36. The molecule has 15 heavy (non-hydrogen) atoms. The topological polar surface area (TPSA) is 0 Å². The van der Waals surface area contributed by atoms with Crippen LogP contribution in [0.3, 0.4) is 0 Å². The molecule has 0 atom stereocenters. The quantitative estimate of drug-likeness (QED) is 0.511. The Labute approximate surface area is 90.6 Å². The molecule has 0 nitrogen and oxygen atoms in total. The van der Waals surface area contributed by atoms with Crippen LogP contribution in [0.5, 0.6) is 0 Å². The summed E-state index contributed by atoms with van der Waals surface area (Å²) in [4.78, 5) is 0. The standard InChI is InChI=1S/C15H13/c1-10-5-3-7-12-9-13-8-4-6-11(2)15(13)14(10)12/h3-7H,9H2,1-2H3. The zero-order valence-electron chi connectivity index (χ0n) is 9.09. The molecule has 0 saturated heterocycles. The van der Waals surface area contributed by atoms with E-state index in [1.165, 1.54) is 33.4 Å². The number of rotatable bonds is 0. The van der Waals surface area contributed by atoms with Gasteiger partial charge >= 0.3 is 0 Å². The van der Waals surface area contributed by atoms with Gasteiger partial charge in [-0.2, -0.15) is 0 Å². The molecule has 1 radical (unpaired) electrons. The number of benzene rings is 2. The Morgan fingerprint density at radius 1 is 1.00 bits per heavy atom. The molecule has 3 rings (SSSR count). The number of fused-ring (bicyclic) bond motifs is 3. The molecule has 0 N–H and O–H groups in total. The maximum Gasteiger partial charge on any atom is -0.000708 e. The average molecular weight is 193 g/mol. The second-order valence-electron chi connectivity index (χ2n) is 4.30. The van der Waals surface area contributed by atoms with E-state index in [9.17, 15) is 0 Å². The Morgan fingerprint density at radius 3 is 2.67 bits per heavy atom. The summed E-state index contributed by atoms with van der Waals surface area (Å²) in [5, 5.41) is 0. The van der Waals surface area contributed by atoms with Crippen molar-refractivity contribution in [2.75, 3.05) is 0 Å². The van der Waals surface area contributed by atoms with E-state index in [1.54, 1.807) is 0 Å². The highest BCUT2D eigenvalue weighted by atomic mass is 14.2. The fraction of sp³-hybridized carbons (Fsp3) is 0.200. The van der Waals surface area contributed by atoms with Crippen LogP contribution in [0, 0.1) is 19.9 Å². The zero-order valence-corrected chi connectivity index (χ0v) is 9.09. The lowest BCUT2D eigenvalue weighted by Crippen LogP contribution is -1.85. The third-order valence-corrected chi connectivity index (χ3v) is 3.26. The van der Waals surface area contributed by atoms with Gasteiger partial charge in [-0.3, -0.25) is 0 Å². The minimum Gasteiger partial charge on any atom is -0.0617 e. The van der Waals surface area contributed by atoms with Crippen LogP contribution in [0.1, 0.15) is 22.3 Å². The summed E-state index contributed by atoms with van der Waals surface area (Å²) >= 11 is 0. The van der Waals surface area contributed by atoms with E-state index in [4.69, 9.17) is 0 Å². The molecule has 0 aliphatic heterocycles. The SMILES string of the molecule is Cc1cc[c]c2c1-c1c(C)cccc1C2. The maximum absolute atomic E-state index is 3.36. The van der Waals surface area contributed by atoms with Crippen LogP contribution in [0.2, 0.25) is 0 Å². The predicted octanol–water partition coefficient (Wildman–Crippen LogP) is 3.67. The van der Waals surface area contributed by atoms with E-state index >= 15 is 0 Å². The molecule has 0 heteroatoms. The van der Waals surface area contributed by atoms with Crippen LogP contribution in [0.15, 0.2) is 30.3 Å². The van der Waals surface area contributed by atoms with Crippen molar-refractivity contribution in [2.45, 2.75) is 20.3 Å². The molecule has 0 aromatic heterocycles. The summed E-state index contributed by atoms with van der Waals surface area (Å²) in [5.74, 6) is 0. The molecule has 0 fully saturated rings. The summed E-state index contributed by atoms with van der Waals surface area (Å²) in [6.07, 6.45) is 1.05. The highest BCUT2D eigenvalue weighted by Crippen LogP contribution is 2.40. The highest BCUT2D eigenvalue weighted by Gasteiger charge is 2.20. The van der Waals surface area contributed by atoms with Crippen LogP contribution in [-0.4, -0.2) is 0 Å². The molecule has 0 saturated carbocycles. The molecule has 73 valence electrons. The van der Waals surface area contributed by atoms with Gasteiger partial charge in [0.1, 0.15) is 0 Å². The molecule has 2 aromatic carbocycles. The van der Waals surface area contributed by atoms with E-state index in [-0.39, 0.29) is 0 Å². The van der Waals surface area contributed by atoms with Gasteiger partial charge in [-0.05, 0) is 59.7 Å². The van der Waals surface area contributed by atoms with E-state index in [2.05, 4.69) is 44.2 Å². The summed E-state index contributed by atoms with van der Waals surface area (Å²) in [7, 11) is 0. The summed E-state index contributed by atoms with van der Waals surface area (Å²) < 4.78 is 0. The summed E-state index contributed by atoms with van der Waals surface area (Å²) in [5.41, 5.74) is 8.44. The molecule has 1 aliphatic rings. The highest BCUT2D eigenvalue weighted by molar-refractivity contribution is 5.81. The molecule has 0 bridgehead atoms. The molecule has 2 aromatic rings. The molecular formula is C15H13. The Bertz CT molecular complexity index is 486. The number of hydrogen-bond acceptors (Lipinski definition) is 0. The summed E-state index contributed by atoms with van der Waals surface area (Å²) in [6.45, 7) is 4.38. The smallest absolute Gasteiger partial charge is 0.000708 e. The minimum absolute atomic E-state index is 1.05. The van der Waals surface area contributed by atoms with Crippen molar-refractivity contribution in [1.29, 1.82) is 0 Å². The summed E-state index contributed by atoms with van der Waals surface area (Å²) in [6, 6.07) is 14.1. The first-order valence-corrected chi connectivity index (χ1v) is 5.36. The van der Waals surface area contributed by atoms with Crippen molar-refractivity contribution in [3.63, 3.8) is 0 Å². The Morgan fingerprint density at radius 2 is 1.80 bits per heavy atom. The lowest BCUT2D eigenvalue weighted by Gasteiger charge is -2.07. The van der Waals surface area contributed by atoms with Crippen LogP contribution in [0.25, 0.3) is 11.1 Å². The average Bonchev–Trinajstić information content (AvgIpc) is 2.58. The monoisotopic (exact) mass is 193 g/mol. The molecule has 0 spiro atoms. The first-order valence-electron chi connectivity index (χ1n) is 5.36.